The lowest BCUT2D eigenvalue weighted by molar-refractivity contribution is 0.244. The zero-order chi connectivity index (χ0) is 4.24. The highest BCUT2D eigenvalue weighted by Crippen LogP contribution is 1.96. The van der Waals surface area contributed by atoms with Gasteiger partial charge in [-0.15, -0.1) is 0 Å². The summed E-state index contributed by atoms with van der Waals surface area (Å²) in [6.45, 7) is 0.802. The third-order valence-corrected chi connectivity index (χ3v) is 0.646. The van der Waals surface area contributed by atoms with Gasteiger partial charge >= 0.3 is 0 Å². The van der Waals surface area contributed by atoms with Crippen molar-refractivity contribution in [3.63, 3.8) is 0 Å². The maximum Gasteiger partial charge on any atom is 0.0882 e. The molecule has 1 aliphatic heterocycles. The van der Waals surface area contributed by atoms with E-state index in [1.807, 2.05) is 0 Å². The first-order valence-electron chi connectivity index (χ1n) is 2.00. The third kappa shape index (κ3) is 0.744. The Bertz CT molecular complexity index is 49.0. The number of allylic oxidation sites excluding steroid dienone is 1. The molecule has 1 nitrogen and oxygen atoms in total. The first-order valence-corrected chi connectivity index (χ1v) is 2.00. The molecule has 0 aromatic rings. The zero-order valence-corrected chi connectivity index (χ0v) is 3.48. The fraction of sp³-hybridized carbons (Fsp3) is 0.400. The maximum absolute atomic E-state index is 4.83. The molecule has 1 heteroatoms. The molecule has 0 N–H and O–H groups in total. The molecular formula is C5H6O. The SMILES string of the molecule is [C]1C=COCC1. The van der Waals surface area contributed by atoms with Crippen LogP contribution >= 0.6 is 0 Å². The van der Waals surface area contributed by atoms with Crippen molar-refractivity contribution < 1.29 is 4.74 Å². The van der Waals surface area contributed by atoms with Gasteiger partial charge in [-0.3, -0.25) is 0 Å². The van der Waals surface area contributed by atoms with Crippen LogP contribution in [0.3, 0.4) is 0 Å². The van der Waals surface area contributed by atoms with Gasteiger partial charge in [0.15, 0.2) is 0 Å². The number of ether oxygens (including phenoxy) is 1. The second-order valence-corrected chi connectivity index (χ2v) is 1.13. The van der Waals surface area contributed by atoms with Gasteiger partial charge in [-0.05, 0) is 12.5 Å². The van der Waals surface area contributed by atoms with Gasteiger partial charge in [-0.25, -0.2) is 0 Å². The smallest absolute Gasteiger partial charge is 0.0882 e. The van der Waals surface area contributed by atoms with E-state index in [1.54, 1.807) is 12.3 Å². The van der Waals surface area contributed by atoms with Crippen LogP contribution in [-0.4, -0.2) is 6.61 Å². The van der Waals surface area contributed by atoms with Crippen molar-refractivity contribution in [3.05, 3.63) is 18.8 Å². The van der Waals surface area contributed by atoms with Crippen LogP contribution in [-0.2, 0) is 4.74 Å². The molecule has 32 valence electrons. The summed E-state index contributed by atoms with van der Waals surface area (Å²) in [5.74, 6) is 0. The second-order valence-electron chi connectivity index (χ2n) is 1.13. The van der Waals surface area contributed by atoms with Crippen LogP contribution in [0.25, 0.3) is 0 Å². The van der Waals surface area contributed by atoms with Crippen molar-refractivity contribution in [1.29, 1.82) is 0 Å². The molecule has 0 fully saturated rings. The Kier molecular flexibility index (Phi) is 1.15. The molecular weight excluding hydrogens is 76.1 g/mol. The summed E-state index contributed by atoms with van der Waals surface area (Å²) < 4.78 is 4.83. The van der Waals surface area contributed by atoms with E-state index in [0.29, 0.717) is 0 Å². The molecule has 1 aliphatic rings. The number of hydrogen-bond acceptors (Lipinski definition) is 1. The maximum atomic E-state index is 4.83. The molecule has 0 spiro atoms. The van der Waals surface area contributed by atoms with Gasteiger partial charge in [0.05, 0.1) is 12.9 Å². The average Bonchev–Trinajstić information content (AvgIpc) is 1.72. The quantitative estimate of drug-likeness (QED) is 0.423. The van der Waals surface area contributed by atoms with Crippen LogP contribution in [0.1, 0.15) is 6.42 Å². The van der Waals surface area contributed by atoms with Gasteiger partial charge in [0, 0.05) is 6.42 Å². The van der Waals surface area contributed by atoms with E-state index in [2.05, 4.69) is 6.42 Å². The van der Waals surface area contributed by atoms with Crippen LogP contribution in [0, 0.1) is 6.42 Å². The van der Waals surface area contributed by atoms with Gasteiger partial charge in [0.25, 0.3) is 0 Å². The highest BCUT2D eigenvalue weighted by molar-refractivity contribution is 4.92. The van der Waals surface area contributed by atoms with Crippen molar-refractivity contribution in [2.45, 2.75) is 6.42 Å². The summed E-state index contributed by atoms with van der Waals surface area (Å²) in [6.07, 6.45) is 7.37. The average molecular weight is 82.1 g/mol. The van der Waals surface area contributed by atoms with Crippen LogP contribution in [0.4, 0.5) is 0 Å². The van der Waals surface area contributed by atoms with Crippen molar-refractivity contribution in [2.75, 3.05) is 6.61 Å². The van der Waals surface area contributed by atoms with Gasteiger partial charge < -0.3 is 4.74 Å². The first-order chi connectivity index (χ1) is 3.00. The summed E-state index contributed by atoms with van der Waals surface area (Å²) in [7, 11) is 0. The van der Waals surface area contributed by atoms with E-state index in [4.69, 9.17) is 4.74 Å². The van der Waals surface area contributed by atoms with E-state index in [0.717, 1.165) is 13.0 Å². The molecule has 0 amide bonds. The fourth-order valence-electron chi connectivity index (χ4n) is 0.365. The lowest BCUT2D eigenvalue weighted by atomic mass is 10.3. The molecule has 0 bridgehead atoms. The summed E-state index contributed by atoms with van der Waals surface area (Å²) in [6, 6.07) is 0. The molecule has 2 radical (unpaired) electrons. The van der Waals surface area contributed by atoms with Crippen LogP contribution in [0.5, 0.6) is 0 Å². The Balaban J connectivity index is 2.26. The second kappa shape index (κ2) is 1.85. The predicted molar refractivity (Wildman–Crippen MR) is 23.0 cm³/mol. The molecule has 0 saturated carbocycles. The summed E-state index contributed by atoms with van der Waals surface area (Å²) in [5, 5.41) is 0. The minimum atomic E-state index is 0.802. The Morgan fingerprint density at radius 2 is 2.67 bits per heavy atom. The molecule has 1 heterocycles. The summed E-state index contributed by atoms with van der Waals surface area (Å²) in [4.78, 5) is 0. The minimum Gasteiger partial charge on any atom is -0.501 e. The van der Waals surface area contributed by atoms with Gasteiger partial charge in [0.2, 0.25) is 0 Å². The van der Waals surface area contributed by atoms with Crippen LogP contribution in [0.2, 0.25) is 0 Å². The molecule has 0 aromatic carbocycles. The fourth-order valence-corrected chi connectivity index (χ4v) is 0.365. The van der Waals surface area contributed by atoms with Gasteiger partial charge in [-0.1, -0.05) is 0 Å². The van der Waals surface area contributed by atoms with Crippen molar-refractivity contribution >= 4 is 0 Å². The van der Waals surface area contributed by atoms with E-state index in [-0.39, 0.29) is 0 Å². The monoisotopic (exact) mass is 82.0 g/mol. The number of hydrogen-bond donors (Lipinski definition) is 0. The van der Waals surface area contributed by atoms with E-state index < -0.39 is 0 Å². The summed E-state index contributed by atoms with van der Waals surface area (Å²) in [5.41, 5.74) is 0. The van der Waals surface area contributed by atoms with Crippen molar-refractivity contribution in [3.8, 4) is 0 Å². The van der Waals surface area contributed by atoms with Crippen LogP contribution < -0.4 is 0 Å². The van der Waals surface area contributed by atoms with E-state index >= 15 is 0 Å². The molecule has 0 aliphatic carbocycles. The van der Waals surface area contributed by atoms with E-state index in [1.165, 1.54) is 0 Å². The standard InChI is InChI=1S/C5H6O/c1-2-4-6-5-3-1/h2,4H,3,5H2. The van der Waals surface area contributed by atoms with Crippen molar-refractivity contribution in [2.24, 2.45) is 0 Å². The minimum absolute atomic E-state index is 0.802. The third-order valence-electron chi connectivity index (χ3n) is 0.646. The lowest BCUT2D eigenvalue weighted by Crippen LogP contribution is -1.90. The largest absolute Gasteiger partial charge is 0.501 e. The molecule has 0 unspecified atom stereocenters. The Labute approximate surface area is 37.6 Å². The molecule has 6 heavy (non-hydrogen) atoms. The summed E-state index contributed by atoms with van der Waals surface area (Å²) >= 11 is 0. The first kappa shape index (κ1) is 3.72. The Hall–Kier alpha value is -0.460. The number of rotatable bonds is 0. The lowest BCUT2D eigenvalue weighted by Gasteiger charge is -2.01. The highest BCUT2D eigenvalue weighted by atomic mass is 16.5. The zero-order valence-electron chi connectivity index (χ0n) is 3.48. The predicted octanol–water partition coefficient (Wildman–Crippen LogP) is 1.00. The Morgan fingerprint density at radius 3 is 2.83 bits per heavy atom. The molecule has 0 atom stereocenters. The Morgan fingerprint density at radius 1 is 1.67 bits per heavy atom. The molecule has 1 rings (SSSR count). The topological polar surface area (TPSA) is 9.23 Å². The van der Waals surface area contributed by atoms with Crippen molar-refractivity contribution in [1.82, 2.24) is 0 Å². The highest BCUT2D eigenvalue weighted by Gasteiger charge is 1.87. The van der Waals surface area contributed by atoms with Gasteiger partial charge in [-0.2, -0.15) is 0 Å². The normalized spacial score (nSPS) is 20.0. The van der Waals surface area contributed by atoms with Crippen LogP contribution in [0.15, 0.2) is 12.3 Å². The molecule has 0 saturated heterocycles. The van der Waals surface area contributed by atoms with E-state index in [9.17, 15) is 0 Å². The van der Waals surface area contributed by atoms with Gasteiger partial charge in [0.1, 0.15) is 0 Å². The molecule has 0 aromatic heterocycles.